The number of hydrogen-bond donors (Lipinski definition) is 1. The fourth-order valence-corrected chi connectivity index (χ4v) is 4.80. The molecule has 31 heavy (non-hydrogen) atoms. The number of benzene rings is 2. The number of nitrogens with zero attached hydrogens (tertiary/aromatic N) is 1. The van der Waals surface area contributed by atoms with E-state index in [1.54, 1.807) is 12.1 Å². The summed E-state index contributed by atoms with van der Waals surface area (Å²) in [6.45, 7) is 2.92. The zero-order valence-corrected chi connectivity index (χ0v) is 20.2. The third-order valence-corrected chi connectivity index (χ3v) is 7.24. The lowest BCUT2D eigenvalue weighted by molar-refractivity contribution is -0.116. The van der Waals surface area contributed by atoms with Crippen molar-refractivity contribution in [3.63, 3.8) is 0 Å². The van der Waals surface area contributed by atoms with Crippen LogP contribution < -0.4 is 5.32 Å². The molecule has 0 unspecified atom stereocenters. The van der Waals surface area contributed by atoms with E-state index in [0.29, 0.717) is 5.69 Å². The van der Waals surface area contributed by atoms with Crippen LogP contribution in [0.5, 0.6) is 0 Å². The Kier molecular flexibility index (Phi) is 8.66. The van der Waals surface area contributed by atoms with Crippen molar-refractivity contribution in [3.8, 4) is 0 Å². The largest absolute Gasteiger partial charge is 0.324 e. The van der Waals surface area contributed by atoms with E-state index >= 15 is 0 Å². The van der Waals surface area contributed by atoms with E-state index < -0.39 is 32.6 Å². The molecule has 2 aromatic carbocycles. The zero-order valence-electron chi connectivity index (χ0n) is 17.8. The number of nitrogens with one attached hydrogen (secondary N) is 1. The van der Waals surface area contributed by atoms with Crippen LogP contribution in [0.15, 0.2) is 52.3 Å². The first-order valence-electron chi connectivity index (χ1n) is 9.28. The molecule has 0 aliphatic carbocycles. The summed E-state index contributed by atoms with van der Waals surface area (Å²) in [5, 5.41) is 2.75. The maximum Gasteiger partial charge on any atom is 0.264 e. The molecule has 1 amide bonds. The first-order chi connectivity index (χ1) is 14.3. The van der Waals surface area contributed by atoms with Gasteiger partial charge < -0.3 is 5.32 Å². The highest BCUT2D eigenvalue weighted by Gasteiger charge is 2.21. The molecule has 0 aliphatic rings. The van der Waals surface area contributed by atoms with Gasteiger partial charge in [0.25, 0.3) is 10.1 Å². The zero-order chi connectivity index (χ0) is 23.2. The molecule has 8 nitrogen and oxygen atoms in total. The van der Waals surface area contributed by atoms with Crippen LogP contribution in [-0.2, 0) is 29.1 Å². The minimum atomic E-state index is -3.75. The van der Waals surface area contributed by atoms with Crippen molar-refractivity contribution >= 4 is 43.5 Å². The Hall–Kier alpha value is -1.92. The van der Waals surface area contributed by atoms with Crippen LogP contribution in [-0.4, -0.2) is 59.3 Å². The Balaban J connectivity index is 2.11. The van der Waals surface area contributed by atoms with Crippen LogP contribution in [0.4, 0.5) is 5.69 Å². The molecule has 0 heterocycles. The molecule has 0 fully saturated rings. The lowest BCUT2D eigenvalue weighted by atomic mass is 10.2. The highest BCUT2D eigenvalue weighted by molar-refractivity contribution is 7.99. The van der Waals surface area contributed by atoms with E-state index in [-0.39, 0.29) is 13.2 Å². The van der Waals surface area contributed by atoms with E-state index in [4.69, 9.17) is 0 Å². The van der Waals surface area contributed by atoms with Gasteiger partial charge in [-0.05, 0) is 37.6 Å². The highest BCUT2D eigenvalue weighted by Crippen LogP contribution is 2.35. The SMILES string of the molecule is Cc1ccc(Sc2ccccc2NC(=O)CN(CCOS(C)(=O)=O)S(C)(=O)=O)c(C)c1. The molecule has 2 aromatic rings. The second kappa shape index (κ2) is 10.6. The van der Waals surface area contributed by atoms with Crippen LogP contribution in [0.25, 0.3) is 0 Å². The summed E-state index contributed by atoms with van der Waals surface area (Å²) in [6, 6.07) is 13.3. The van der Waals surface area contributed by atoms with Crippen LogP contribution in [0.1, 0.15) is 11.1 Å². The molecule has 0 saturated heterocycles. The number of amides is 1. The number of sulfonamides is 1. The lowest BCUT2D eigenvalue weighted by Crippen LogP contribution is -2.39. The Morgan fingerprint density at radius 1 is 1.03 bits per heavy atom. The van der Waals surface area contributed by atoms with E-state index in [2.05, 4.69) is 15.6 Å². The van der Waals surface area contributed by atoms with Crippen molar-refractivity contribution in [1.29, 1.82) is 0 Å². The Morgan fingerprint density at radius 2 is 1.71 bits per heavy atom. The number of carbonyl (C=O) groups excluding carboxylic acids is 1. The minimum absolute atomic E-state index is 0.266. The van der Waals surface area contributed by atoms with Gasteiger partial charge in [-0.3, -0.25) is 8.98 Å². The number of rotatable bonds is 10. The van der Waals surface area contributed by atoms with Gasteiger partial charge in [-0.15, -0.1) is 0 Å². The molecule has 0 saturated carbocycles. The molecule has 1 N–H and O–H groups in total. The van der Waals surface area contributed by atoms with E-state index in [1.165, 1.54) is 11.8 Å². The van der Waals surface area contributed by atoms with Crippen LogP contribution in [0, 0.1) is 13.8 Å². The Bertz CT molecular complexity index is 1150. The highest BCUT2D eigenvalue weighted by atomic mass is 32.2. The van der Waals surface area contributed by atoms with Crippen molar-refractivity contribution in [2.75, 3.05) is 37.5 Å². The van der Waals surface area contributed by atoms with Gasteiger partial charge >= 0.3 is 0 Å². The Labute approximate surface area is 188 Å². The van der Waals surface area contributed by atoms with E-state index in [9.17, 15) is 21.6 Å². The summed E-state index contributed by atoms with van der Waals surface area (Å²) in [4.78, 5) is 14.4. The molecule has 0 atom stereocenters. The molecule has 170 valence electrons. The van der Waals surface area contributed by atoms with Crippen LogP contribution in [0.3, 0.4) is 0 Å². The molecule has 0 aliphatic heterocycles. The first-order valence-corrected chi connectivity index (χ1v) is 13.8. The monoisotopic (exact) mass is 486 g/mol. The predicted octanol–water partition coefficient (Wildman–Crippen LogP) is 2.63. The summed E-state index contributed by atoms with van der Waals surface area (Å²) >= 11 is 1.50. The van der Waals surface area contributed by atoms with Gasteiger partial charge in [-0.2, -0.15) is 12.7 Å². The summed E-state index contributed by atoms with van der Waals surface area (Å²) in [6.07, 6.45) is 1.82. The third kappa shape index (κ3) is 8.62. The van der Waals surface area contributed by atoms with Gasteiger partial charge in [-0.1, -0.05) is 41.6 Å². The van der Waals surface area contributed by atoms with Gasteiger partial charge in [0.15, 0.2) is 0 Å². The Morgan fingerprint density at radius 3 is 2.32 bits per heavy atom. The van der Waals surface area contributed by atoms with Gasteiger partial charge in [-0.25, -0.2) is 8.42 Å². The summed E-state index contributed by atoms with van der Waals surface area (Å²) < 4.78 is 51.6. The smallest absolute Gasteiger partial charge is 0.264 e. The molecule has 0 aromatic heterocycles. The number of anilines is 1. The van der Waals surface area contributed by atoms with Gasteiger partial charge in [0.1, 0.15) is 0 Å². The normalized spacial score (nSPS) is 12.2. The fourth-order valence-electron chi connectivity index (χ4n) is 2.69. The molecule has 0 radical (unpaired) electrons. The van der Waals surface area contributed by atoms with E-state index in [1.807, 2.05) is 38.1 Å². The van der Waals surface area contributed by atoms with Crippen LogP contribution >= 0.6 is 11.8 Å². The second-order valence-electron chi connectivity index (χ2n) is 7.04. The van der Waals surface area contributed by atoms with Crippen molar-refractivity contribution in [2.24, 2.45) is 0 Å². The quantitative estimate of drug-likeness (QED) is 0.514. The molecule has 0 bridgehead atoms. The standard InChI is InChI=1S/C20H26N2O6S3/c1-15-9-10-18(16(2)13-15)29-19-8-6-5-7-17(19)21-20(23)14-22(30(3,24)25)11-12-28-31(4,26)27/h5-10,13H,11-12,14H2,1-4H3,(H,21,23). The minimum Gasteiger partial charge on any atom is -0.324 e. The third-order valence-electron chi connectivity index (χ3n) is 4.14. The van der Waals surface area contributed by atoms with Crippen molar-refractivity contribution < 1.29 is 25.8 Å². The van der Waals surface area contributed by atoms with Crippen molar-refractivity contribution in [1.82, 2.24) is 4.31 Å². The molecule has 2 rings (SSSR count). The molecule has 11 heteroatoms. The number of para-hydroxylation sites is 1. The number of aryl methyl sites for hydroxylation is 2. The van der Waals surface area contributed by atoms with Gasteiger partial charge in [0.2, 0.25) is 15.9 Å². The van der Waals surface area contributed by atoms with Crippen molar-refractivity contribution in [2.45, 2.75) is 23.6 Å². The van der Waals surface area contributed by atoms with Gasteiger partial charge in [0, 0.05) is 16.3 Å². The average Bonchev–Trinajstić information content (AvgIpc) is 2.63. The second-order valence-corrected chi connectivity index (χ2v) is 11.7. The summed E-state index contributed by atoms with van der Waals surface area (Å²) in [7, 11) is -7.45. The van der Waals surface area contributed by atoms with Gasteiger partial charge in [0.05, 0.1) is 31.4 Å². The predicted molar refractivity (Wildman–Crippen MR) is 122 cm³/mol. The molecular weight excluding hydrogens is 460 g/mol. The van der Waals surface area contributed by atoms with E-state index in [0.717, 1.165) is 37.7 Å². The first kappa shape index (κ1) is 25.3. The average molecular weight is 487 g/mol. The van der Waals surface area contributed by atoms with Crippen molar-refractivity contribution in [3.05, 3.63) is 53.6 Å². The number of carbonyl (C=O) groups is 1. The fraction of sp³-hybridized carbons (Fsp3) is 0.350. The summed E-state index contributed by atoms with van der Waals surface area (Å²) in [5.41, 5.74) is 2.82. The molecule has 0 spiro atoms. The number of hydrogen-bond acceptors (Lipinski definition) is 7. The maximum atomic E-state index is 12.6. The topological polar surface area (TPSA) is 110 Å². The lowest BCUT2D eigenvalue weighted by Gasteiger charge is -2.19. The molecular formula is C20H26N2O6S3. The maximum absolute atomic E-state index is 12.6. The summed E-state index contributed by atoms with van der Waals surface area (Å²) in [5.74, 6) is -0.543. The van der Waals surface area contributed by atoms with Crippen LogP contribution in [0.2, 0.25) is 0 Å².